The van der Waals surface area contributed by atoms with Gasteiger partial charge >= 0.3 is 0 Å². The standard InChI is InChI=1S/C10H19NO/c12-10-2-1-6-11(8-10)7-5-9-3-4-9/h9-10,12H,1-8H2/t10-/m0/s1. The van der Waals surface area contributed by atoms with E-state index in [1.807, 2.05) is 0 Å². The lowest BCUT2D eigenvalue weighted by Gasteiger charge is -2.29. The second-order valence-electron chi connectivity index (χ2n) is 4.33. The van der Waals surface area contributed by atoms with Crippen molar-refractivity contribution in [1.82, 2.24) is 4.90 Å². The number of β-amino-alcohol motifs (C(OH)–C–C–N with tert-alkyl or cyclic N) is 1. The van der Waals surface area contributed by atoms with Crippen LogP contribution in [0, 0.1) is 5.92 Å². The van der Waals surface area contributed by atoms with E-state index in [0.717, 1.165) is 18.9 Å². The Kier molecular flexibility index (Phi) is 2.66. The van der Waals surface area contributed by atoms with Gasteiger partial charge in [-0.05, 0) is 38.3 Å². The maximum absolute atomic E-state index is 9.42. The van der Waals surface area contributed by atoms with E-state index in [0.29, 0.717) is 0 Å². The molecule has 12 heavy (non-hydrogen) atoms. The molecule has 70 valence electrons. The number of hydrogen-bond donors (Lipinski definition) is 1. The molecule has 0 radical (unpaired) electrons. The smallest absolute Gasteiger partial charge is 0.0667 e. The lowest BCUT2D eigenvalue weighted by Crippen LogP contribution is -2.38. The van der Waals surface area contributed by atoms with Crippen molar-refractivity contribution in [2.24, 2.45) is 5.92 Å². The first-order valence-corrected chi connectivity index (χ1v) is 5.25. The number of nitrogens with zero attached hydrogens (tertiary/aromatic N) is 1. The number of likely N-dealkylation sites (tertiary alicyclic amines) is 1. The van der Waals surface area contributed by atoms with Gasteiger partial charge < -0.3 is 10.0 Å². The van der Waals surface area contributed by atoms with Crippen molar-refractivity contribution >= 4 is 0 Å². The van der Waals surface area contributed by atoms with E-state index in [4.69, 9.17) is 0 Å². The number of piperidine rings is 1. The van der Waals surface area contributed by atoms with Crippen LogP contribution in [0.25, 0.3) is 0 Å². The lowest BCUT2D eigenvalue weighted by molar-refractivity contribution is 0.0694. The number of rotatable bonds is 3. The van der Waals surface area contributed by atoms with Gasteiger partial charge in [-0.15, -0.1) is 0 Å². The first kappa shape index (κ1) is 8.52. The van der Waals surface area contributed by atoms with Gasteiger partial charge in [0, 0.05) is 6.54 Å². The molecule has 0 aromatic rings. The van der Waals surface area contributed by atoms with E-state index in [2.05, 4.69) is 4.90 Å². The molecule has 2 rings (SSSR count). The van der Waals surface area contributed by atoms with Gasteiger partial charge in [0.15, 0.2) is 0 Å². The Morgan fingerprint density at radius 1 is 1.25 bits per heavy atom. The molecule has 1 aliphatic heterocycles. The van der Waals surface area contributed by atoms with E-state index in [1.165, 1.54) is 38.8 Å². The summed E-state index contributed by atoms with van der Waals surface area (Å²) in [7, 11) is 0. The quantitative estimate of drug-likeness (QED) is 0.687. The molecule has 1 saturated heterocycles. The summed E-state index contributed by atoms with van der Waals surface area (Å²) in [5, 5.41) is 9.42. The fraction of sp³-hybridized carbons (Fsp3) is 1.00. The molecule has 2 aliphatic rings. The molecule has 1 heterocycles. The first-order valence-electron chi connectivity index (χ1n) is 5.25. The molecular formula is C10H19NO. The van der Waals surface area contributed by atoms with Gasteiger partial charge in [0.2, 0.25) is 0 Å². The average Bonchev–Trinajstić information content (AvgIpc) is 2.84. The molecule has 1 aliphatic carbocycles. The fourth-order valence-electron chi connectivity index (χ4n) is 2.01. The van der Waals surface area contributed by atoms with Gasteiger partial charge in [0.25, 0.3) is 0 Å². The van der Waals surface area contributed by atoms with Crippen molar-refractivity contribution in [3.05, 3.63) is 0 Å². The summed E-state index contributed by atoms with van der Waals surface area (Å²) in [6.07, 6.45) is 6.43. The van der Waals surface area contributed by atoms with Crippen molar-refractivity contribution in [2.45, 2.75) is 38.2 Å². The highest BCUT2D eigenvalue weighted by Crippen LogP contribution is 2.32. The molecule has 2 heteroatoms. The largest absolute Gasteiger partial charge is 0.392 e. The van der Waals surface area contributed by atoms with Crippen LogP contribution < -0.4 is 0 Å². The maximum atomic E-state index is 9.42. The minimum absolute atomic E-state index is 0.0436. The number of aliphatic hydroxyl groups excluding tert-OH is 1. The fourth-order valence-corrected chi connectivity index (χ4v) is 2.01. The molecule has 0 aromatic carbocycles. The Bertz CT molecular complexity index is 145. The van der Waals surface area contributed by atoms with Crippen LogP contribution >= 0.6 is 0 Å². The van der Waals surface area contributed by atoms with Crippen LogP contribution in [0.3, 0.4) is 0 Å². The van der Waals surface area contributed by atoms with E-state index < -0.39 is 0 Å². The minimum atomic E-state index is -0.0436. The first-order chi connectivity index (χ1) is 5.84. The van der Waals surface area contributed by atoms with E-state index in [1.54, 1.807) is 0 Å². The molecule has 0 aromatic heterocycles. The summed E-state index contributed by atoms with van der Waals surface area (Å²) >= 11 is 0. The highest BCUT2D eigenvalue weighted by Gasteiger charge is 2.23. The van der Waals surface area contributed by atoms with E-state index in [9.17, 15) is 5.11 Å². The molecule has 0 spiro atoms. The Morgan fingerprint density at radius 2 is 2.08 bits per heavy atom. The third kappa shape index (κ3) is 2.46. The van der Waals surface area contributed by atoms with Crippen molar-refractivity contribution in [3.63, 3.8) is 0 Å². The van der Waals surface area contributed by atoms with Crippen LogP contribution in [0.4, 0.5) is 0 Å². The molecule has 2 fully saturated rings. The van der Waals surface area contributed by atoms with Gasteiger partial charge in [-0.25, -0.2) is 0 Å². The molecule has 1 atom stereocenters. The summed E-state index contributed by atoms with van der Waals surface area (Å²) in [5.41, 5.74) is 0. The van der Waals surface area contributed by atoms with Crippen LogP contribution in [0.2, 0.25) is 0 Å². The molecule has 1 saturated carbocycles. The third-order valence-corrected chi connectivity index (χ3v) is 3.03. The second kappa shape index (κ2) is 3.75. The summed E-state index contributed by atoms with van der Waals surface area (Å²) in [6, 6.07) is 0. The second-order valence-corrected chi connectivity index (χ2v) is 4.33. The van der Waals surface area contributed by atoms with Crippen molar-refractivity contribution in [2.75, 3.05) is 19.6 Å². The number of hydrogen-bond acceptors (Lipinski definition) is 2. The summed E-state index contributed by atoms with van der Waals surface area (Å²) in [5.74, 6) is 1.03. The molecule has 0 amide bonds. The van der Waals surface area contributed by atoms with E-state index in [-0.39, 0.29) is 6.10 Å². The lowest BCUT2D eigenvalue weighted by atomic mass is 10.1. The topological polar surface area (TPSA) is 23.5 Å². The van der Waals surface area contributed by atoms with Gasteiger partial charge in [-0.1, -0.05) is 12.8 Å². The van der Waals surface area contributed by atoms with Crippen molar-refractivity contribution in [1.29, 1.82) is 0 Å². The normalized spacial score (nSPS) is 32.2. The Hall–Kier alpha value is -0.0800. The van der Waals surface area contributed by atoms with Crippen molar-refractivity contribution < 1.29 is 5.11 Å². The van der Waals surface area contributed by atoms with Crippen LogP contribution in [0.5, 0.6) is 0 Å². The van der Waals surface area contributed by atoms with Crippen molar-refractivity contribution in [3.8, 4) is 0 Å². The summed E-state index contributed by atoms with van der Waals surface area (Å²) in [4.78, 5) is 2.42. The highest BCUT2D eigenvalue weighted by molar-refractivity contribution is 4.77. The van der Waals surface area contributed by atoms with Crippen LogP contribution in [0.15, 0.2) is 0 Å². The zero-order valence-electron chi connectivity index (χ0n) is 7.71. The van der Waals surface area contributed by atoms with Crippen LogP contribution in [-0.4, -0.2) is 35.7 Å². The Labute approximate surface area is 74.6 Å². The monoisotopic (exact) mass is 169 g/mol. The van der Waals surface area contributed by atoms with Gasteiger partial charge in [-0.2, -0.15) is 0 Å². The molecular weight excluding hydrogens is 150 g/mol. The van der Waals surface area contributed by atoms with Crippen LogP contribution in [0.1, 0.15) is 32.1 Å². The minimum Gasteiger partial charge on any atom is -0.392 e. The highest BCUT2D eigenvalue weighted by atomic mass is 16.3. The Morgan fingerprint density at radius 3 is 2.75 bits per heavy atom. The van der Waals surface area contributed by atoms with Gasteiger partial charge in [0.1, 0.15) is 0 Å². The Balaban J connectivity index is 1.64. The molecule has 1 N–H and O–H groups in total. The zero-order valence-corrected chi connectivity index (χ0v) is 7.71. The van der Waals surface area contributed by atoms with Gasteiger partial charge in [0.05, 0.1) is 6.10 Å². The summed E-state index contributed by atoms with van der Waals surface area (Å²) in [6.45, 7) is 3.36. The SMILES string of the molecule is O[C@H]1CCCN(CCC2CC2)C1. The predicted molar refractivity (Wildman–Crippen MR) is 49.0 cm³/mol. The molecule has 0 unspecified atom stereocenters. The van der Waals surface area contributed by atoms with E-state index >= 15 is 0 Å². The third-order valence-electron chi connectivity index (χ3n) is 3.03. The van der Waals surface area contributed by atoms with Crippen LogP contribution in [-0.2, 0) is 0 Å². The molecule has 2 nitrogen and oxygen atoms in total. The summed E-state index contributed by atoms with van der Waals surface area (Å²) < 4.78 is 0. The number of aliphatic hydroxyl groups is 1. The molecule has 0 bridgehead atoms. The zero-order chi connectivity index (χ0) is 8.39. The van der Waals surface area contributed by atoms with Gasteiger partial charge in [-0.3, -0.25) is 0 Å². The predicted octanol–water partition coefficient (Wildman–Crippen LogP) is 1.24. The maximum Gasteiger partial charge on any atom is 0.0667 e. The average molecular weight is 169 g/mol.